The Morgan fingerprint density at radius 3 is 2.62 bits per heavy atom. The third kappa shape index (κ3) is 3.23. The minimum absolute atomic E-state index is 0.252. The molecule has 3 nitrogen and oxygen atoms in total. The van der Waals surface area contributed by atoms with Crippen LogP contribution in [0.15, 0.2) is 63.8 Å². The van der Waals surface area contributed by atoms with Crippen LogP contribution in [0.1, 0.15) is 28.7 Å². The van der Waals surface area contributed by atoms with E-state index in [1.807, 2.05) is 13.8 Å². The summed E-state index contributed by atoms with van der Waals surface area (Å²) >= 11 is 0. The van der Waals surface area contributed by atoms with Crippen LogP contribution in [0.4, 0.5) is 0 Å². The highest BCUT2D eigenvalue weighted by atomic mass is 16.4. The van der Waals surface area contributed by atoms with Crippen molar-refractivity contribution in [2.24, 2.45) is 0 Å². The second-order valence-corrected chi connectivity index (χ2v) is 7.20. The number of hydrogen-bond donors (Lipinski definition) is 1. The van der Waals surface area contributed by atoms with E-state index < -0.39 is 0 Å². The van der Waals surface area contributed by atoms with Crippen LogP contribution in [-0.2, 0) is 6.54 Å². The molecule has 4 rings (SSSR count). The molecule has 132 valence electrons. The van der Waals surface area contributed by atoms with Crippen LogP contribution in [0, 0.1) is 13.8 Å². The maximum absolute atomic E-state index is 12.1. The number of aryl methyl sites for hydroxylation is 2. The lowest BCUT2D eigenvalue weighted by Gasteiger charge is -2.24. The summed E-state index contributed by atoms with van der Waals surface area (Å²) in [5.74, 6) is 0. The summed E-state index contributed by atoms with van der Waals surface area (Å²) in [5.41, 5.74) is 6.54. The van der Waals surface area contributed by atoms with Gasteiger partial charge in [0.1, 0.15) is 12.1 Å². The van der Waals surface area contributed by atoms with Crippen LogP contribution in [0.2, 0.25) is 0 Å². The standard InChI is InChI=1S/C23H23NO2/c1-16-8-9-21-20(14-22(25)26-23(21)17(16)2)15-24-12-10-19(11-13-24)18-6-4-3-5-7-18/h3-10,14H,11-13,15H2,1-2H3/p+1. The molecule has 1 N–H and O–H groups in total. The van der Waals surface area contributed by atoms with E-state index >= 15 is 0 Å². The molecule has 0 spiro atoms. The van der Waals surface area contributed by atoms with Crippen LogP contribution in [0.3, 0.4) is 0 Å². The molecule has 1 aliphatic rings. The Balaban J connectivity index is 1.60. The average Bonchev–Trinajstić information content (AvgIpc) is 2.66. The van der Waals surface area contributed by atoms with Gasteiger partial charge in [-0.05, 0) is 42.2 Å². The van der Waals surface area contributed by atoms with Gasteiger partial charge in [0.2, 0.25) is 0 Å². The zero-order chi connectivity index (χ0) is 18.1. The Morgan fingerprint density at radius 2 is 1.88 bits per heavy atom. The Bertz CT molecular complexity index is 1030. The van der Waals surface area contributed by atoms with Crippen molar-refractivity contribution in [2.45, 2.75) is 26.8 Å². The minimum Gasteiger partial charge on any atom is -0.422 e. The summed E-state index contributed by atoms with van der Waals surface area (Å²) in [6.07, 6.45) is 3.41. The van der Waals surface area contributed by atoms with E-state index in [0.29, 0.717) is 0 Å². The molecule has 26 heavy (non-hydrogen) atoms. The molecule has 0 bridgehead atoms. The van der Waals surface area contributed by atoms with Crippen molar-refractivity contribution >= 4 is 16.5 Å². The molecular weight excluding hydrogens is 322 g/mol. The Kier molecular flexibility index (Phi) is 4.48. The van der Waals surface area contributed by atoms with E-state index in [9.17, 15) is 4.79 Å². The molecule has 0 radical (unpaired) electrons. The Morgan fingerprint density at radius 1 is 1.08 bits per heavy atom. The van der Waals surface area contributed by atoms with E-state index in [2.05, 4.69) is 48.5 Å². The van der Waals surface area contributed by atoms with Gasteiger partial charge in [-0.1, -0.05) is 42.5 Å². The molecule has 1 atom stereocenters. The normalized spacial score (nSPS) is 17.3. The summed E-state index contributed by atoms with van der Waals surface area (Å²) in [5, 5.41) is 1.07. The van der Waals surface area contributed by atoms with E-state index in [1.165, 1.54) is 16.0 Å². The zero-order valence-electron chi connectivity index (χ0n) is 15.3. The number of rotatable bonds is 3. The molecular formula is C23H24NO2+. The first-order chi connectivity index (χ1) is 12.6. The van der Waals surface area contributed by atoms with Crippen molar-refractivity contribution in [2.75, 3.05) is 13.1 Å². The van der Waals surface area contributed by atoms with Crippen molar-refractivity contribution in [3.8, 4) is 0 Å². The lowest BCUT2D eigenvalue weighted by atomic mass is 9.98. The number of fused-ring (bicyclic) bond motifs is 1. The van der Waals surface area contributed by atoms with E-state index in [0.717, 1.165) is 53.7 Å². The van der Waals surface area contributed by atoms with Gasteiger partial charge >= 0.3 is 5.63 Å². The molecule has 0 amide bonds. The zero-order valence-corrected chi connectivity index (χ0v) is 15.3. The topological polar surface area (TPSA) is 34.7 Å². The van der Waals surface area contributed by atoms with Crippen LogP contribution < -0.4 is 10.5 Å². The Hall–Kier alpha value is -2.65. The molecule has 0 saturated heterocycles. The predicted octanol–water partition coefficient (Wildman–Crippen LogP) is 3.28. The smallest absolute Gasteiger partial charge is 0.336 e. The number of nitrogens with one attached hydrogen (secondary N) is 1. The summed E-state index contributed by atoms with van der Waals surface area (Å²) in [6, 6.07) is 16.5. The van der Waals surface area contributed by atoms with Gasteiger partial charge in [0.05, 0.1) is 13.1 Å². The average molecular weight is 346 g/mol. The fourth-order valence-corrected chi connectivity index (χ4v) is 3.80. The third-order valence-corrected chi connectivity index (χ3v) is 5.49. The predicted molar refractivity (Wildman–Crippen MR) is 105 cm³/mol. The summed E-state index contributed by atoms with van der Waals surface area (Å²) in [4.78, 5) is 13.5. The maximum Gasteiger partial charge on any atom is 0.336 e. The van der Waals surface area contributed by atoms with E-state index in [4.69, 9.17) is 4.42 Å². The van der Waals surface area contributed by atoms with Crippen LogP contribution in [0.5, 0.6) is 0 Å². The molecule has 0 aliphatic carbocycles. The molecule has 0 saturated carbocycles. The largest absolute Gasteiger partial charge is 0.422 e. The summed E-state index contributed by atoms with van der Waals surface area (Å²) < 4.78 is 5.50. The van der Waals surface area contributed by atoms with Crippen LogP contribution in [0.25, 0.3) is 16.5 Å². The van der Waals surface area contributed by atoms with Gasteiger partial charge in [-0.15, -0.1) is 0 Å². The number of quaternary nitrogens is 1. The molecule has 1 unspecified atom stereocenters. The van der Waals surface area contributed by atoms with Gasteiger partial charge in [-0.25, -0.2) is 4.79 Å². The van der Waals surface area contributed by atoms with Gasteiger partial charge in [-0.3, -0.25) is 0 Å². The van der Waals surface area contributed by atoms with Crippen LogP contribution in [-0.4, -0.2) is 13.1 Å². The molecule has 2 heterocycles. The quantitative estimate of drug-likeness (QED) is 0.739. The van der Waals surface area contributed by atoms with Gasteiger partial charge in [0.25, 0.3) is 0 Å². The maximum atomic E-state index is 12.1. The molecule has 2 aromatic carbocycles. The first-order valence-corrected chi connectivity index (χ1v) is 9.23. The number of hydrogen-bond acceptors (Lipinski definition) is 2. The first kappa shape index (κ1) is 16.8. The molecule has 3 heteroatoms. The van der Waals surface area contributed by atoms with Gasteiger partial charge in [0, 0.05) is 23.4 Å². The highest BCUT2D eigenvalue weighted by molar-refractivity contribution is 5.83. The third-order valence-electron chi connectivity index (χ3n) is 5.49. The highest BCUT2D eigenvalue weighted by Gasteiger charge is 2.18. The van der Waals surface area contributed by atoms with Crippen molar-refractivity contribution in [1.29, 1.82) is 0 Å². The van der Waals surface area contributed by atoms with Gasteiger partial charge in [-0.2, -0.15) is 0 Å². The fourth-order valence-electron chi connectivity index (χ4n) is 3.80. The van der Waals surface area contributed by atoms with Gasteiger partial charge < -0.3 is 9.32 Å². The van der Waals surface area contributed by atoms with Gasteiger partial charge in [0.15, 0.2) is 0 Å². The Labute approximate surface area is 153 Å². The molecule has 1 aliphatic heterocycles. The second kappa shape index (κ2) is 6.93. The lowest BCUT2D eigenvalue weighted by Crippen LogP contribution is -3.11. The molecule has 3 aromatic rings. The van der Waals surface area contributed by atoms with Crippen LogP contribution >= 0.6 is 0 Å². The monoisotopic (exact) mass is 346 g/mol. The first-order valence-electron chi connectivity index (χ1n) is 9.23. The van der Waals surface area contributed by atoms with Crippen molar-refractivity contribution < 1.29 is 9.32 Å². The number of benzene rings is 2. The summed E-state index contributed by atoms with van der Waals surface area (Å²) in [7, 11) is 0. The molecule has 0 fully saturated rings. The van der Waals surface area contributed by atoms with Crippen molar-refractivity contribution in [1.82, 2.24) is 0 Å². The van der Waals surface area contributed by atoms with Crippen molar-refractivity contribution in [3.05, 3.63) is 87.3 Å². The van der Waals surface area contributed by atoms with Crippen molar-refractivity contribution in [3.63, 3.8) is 0 Å². The molecule has 1 aromatic heterocycles. The SMILES string of the molecule is Cc1ccc2c(C[NH+]3CC=C(c4ccccc4)CC3)cc(=O)oc2c1C. The lowest BCUT2D eigenvalue weighted by molar-refractivity contribution is -0.908. The highest BCUT2D eigenvalue weighted by Crippen LogP contribution is 2.23. The fraction of sp³-hybridized carbons (Fsp3) is 0.261. The summed E-state index contributed by atoms with van der Waals surface area (Å²) in [6.45, 7) is 6.98. The second-order valence-electron chi connectivity index (χ2n) is 7.20. The van der Waals surface area contributed by atoms with E-state index in [1.54, 1.807) is 6.07 Å². The van der Waals surface area contributed by atoms with E-state index in [-0.39, 0.29) is 5.63 Å². The minimum atomic E-state index is -0.252.